The first kappa shape index (κ1) is 13.0. The zero-order chi connectivity index (χ0) is 14.1. The summed E-state index contributed by atoms with van der Waals surface area (Å²) in [6.07, 6.45) is 1.57. The van der Waals surface area contributed by atoms with Crippen LogP contribution in [0.3, 0.4) is 0 Å². The van der Waals surface area contributed by atoms with E-state index in [1.165, 1.54) is 0 Å². The lowest BCUT2D eigenvalue weighted by Crippen LogP contribution is -2.18. The number of nitrogens with zero attached hydrogens (tertiary/aromatic N) is 3. The van der Waals surface area contributed by atoms with Gasteiger partial charge in [0.1, 0.15) is 10.7 Å². The van der Waals surface area contributed by atoms with Crippen LogP contribution in [0, 0.1) is 12.8 Å². The van der Waals surface area contributed by atoms with Crippen LogP contribution in [0.15, 0.2) is 6.20 Å². The predicted molar refractivity (Wildman–Crippen MR) is 76.8 cm³/mol. The molecule has 3 heterocycles. The topological polar surface area (TPSA) is 87.8 Å². The monoisotopic (exact) mass is 294 g/mol. The number of anilines is 3. The van der Waals surface area contributed by atoms with Gasteiger partial charge in [-0.15, -0.1) is 5.10 Å². The largest absolute Gasteiger partial charge is 0.475 e. The maximum atomic E-state index is 6.08. The third-order valence-electron chi connectivity index (χ3n) is 3.02. The van der Waals surface area contributed by atoms with Gasteiger partial charge in [0.05, 0.1) is 18.5 Å². The molecule has 106 valence electrons. The lowest BCUT2D eigenvalue weighted by molar-refractivity contribution is 0.258. The van der Waals surface area contributed by atoms with Gasteiger partial charge < -0.3 is 15.4 Å². The molecule has 20 heavy (non-hydrogen) atoms. The van der Waals surface area contributed by atoms with E-state index in [1.807, 2.05) is 6.92 Å². The average molecular weight is 295 g/mol. The molecule has 7 nitrogen and oxygen atoms in total. The molecule has 0 radical (unpaired) electrons. The molecule has 0 saturated heterocycles. The number of halogens is 1. The Morgan fingerprint density at radius 1 is 1.45 bits per heavy atom. The maximum Gasteiger partial charge on any atom is 0.256 e. The molecule has 1 atom stereocenters. The molecule has 3 rings (SSSR count). The Balaban J connectivity index is 2.02. The second-order valence-corrected chi connectivity index (χ2v) is 5.25. The van der Waals surface area contributed by atoms with Gasteiger partial charge >= 0.3 is 0 Å². The summed E-state index contributed by atoms with van der Waals surface area (Å²) < 4.78 is 5.73. The van der Waals surface area contributed by atoms with Crippen molar-refractivity contribution in [1.82, 2.24) is 20.2 Å². The van der Waals surface area contributed by atoms with Crippen LogP contribution in [0.25, 0.3) is 0 Å². The number of ether oxygens (including phenoxy) is 1. The van der Waals surface area contributed by atoms with Gasteiger partial charge in [-0.3, -0.25) is 5.10 Å². The molecule has 2 aromatic rings. The highest BCUT2D eigenvalue weighted by Gasteiger charge is 2.17. The smallest absolute Gasteiger partial charge is 0.256 e. The first-order valence-electron chi connectivity index (χ1n) is 6.34. The van der Waals surface area contributed by atoms with E-state index >= 15 is 0 Å². The molecule has 1 aliphatic heterocycles. The number of fused-ring (bicyclic) bond motifs is 3. The van der Waals surface area contributed by atoms with E-state index in [9.17, 15) is 0 Å². The van der Waals surface area contributed by atoms with Crippen molar-refractivity contribution in [1.29, 1.82) is 0 Å². The summed E-state index contributed by atoms with van der Waals surface area (Å²) in [6.45, 7) is 5.23. The Kier molecular flexibility index (Phi) is 3.35. The predicted octanol–water partition coefficient (Wildman–Crippen LogP) is 2.35. The number of nitrogens with one attached hydrogen (secondary N) is 3. The van der Waals surface area contributed by atoms with Gasteiger partial charge in [-0.1, -0.05) is 18.5 Å². The molecular weight excluding hydrogens is 280 g/mol. The minimum atomic E-state index is 0.285. The van der Waals surface area contributed by atoms with E-state index in [-0.39, 0.29) is 5.92 Å². The minimum Gasteiger partial charge on any atom is -0.475 e. The van der Waals surface area contributed by atoms with E-state index < -0.39 is 0 Å². The molecule has 0 amide bonds. The number of aromatic nitrogens is 4. The normalized spacial score (nSPS) is 18.1. The number of hydrogen-bond acceptors (Lipinski definition) is 6. The molecule has 0 saturated carbocycles. The number of hydrogen-bond donors (Lipinski definition) is 3. The number of H-pyrrole nitrogens is 1. The summed E-state index contributed by atoms with van der Waals surface area (Å²) >= 11 is 6.08. The molecule has 1 aliphatic rings. The molecular formula is C12H15ClN6O. The van der Waals surface area contributed by atoms with Crippen LogP contribution in [0.5, 0.6) is 5.88 Å². The maximum absolute atomic E-state index is 6.08. The lowest BCUT2D eigenvalue weighted by Gasteiger charge is -2.13. The SMILES string of the molecule is Cc1[nH]nc2c1Nc1ncc(Cl)c(n1)NCC(C)CO2. The standard InChI is InChI=1S/C12H15ClN6O/c1-6-3-14-10-8(13)4-15-12(17-10)16-9-7(2)18-19-11(9)20-5-6/h4,6H,3,5H2,1-2H3,(H,18,19)(H2,14,15,16,17). The molecule has 1 unspecified atom stereocenters. The van der Waals surface area contributed by atoms with Gasteiger partial charge in [0.2, 0.25) is 5.95 Å². The Bertz CT molecular complexity index is 628. The zero-order valence-electron chi connectivity index (χ0n) is 11.2. The molecule has 0 spiro atoms. The molecule has 0 fully saturated rings. The highest BCUT2D eigenvalue weighted by molar-refractivity contribution is 6.32. The van der Waals surface area contributed by atoms with Crippen LogP contribution < -0.4 is 15.4 Å². The van der Waals surface area contributed by atoms with Gasteiger partial charge in [-0.2, -0.15) is 4.98 Å². The van der Waals surface area contributed by atoms with Gasteiger partial charge in [0, 0.05) is 12.5 Å². The average Bonchev–Trinajstić information content (AvgIpc) is 2.76. The second kappa shape index (κ2) is 5.16. The molecule has 2 aromatic heterocycles. The summed E-state index contributed by atoms with van der Waals surface area (Å²) in [7, 11) is 0. The Morgan fingerprint density at radius 2 is 2.30 bits per heavy atom. The fourth-order valence-corrected chi connectivity index (χ4v) is 2.03. The Labute approximate surface area is 121 Å². The molecule has 0 aromatic carbocycles. The molecule has 2 bridgehead atoms. The zero-order valence-corrected chi connectivity index (χ0v) is 12.0. The quantitative estimate of drug-likeness (QED) is 0.691. The summed E-state index contributed by atoms with van der Waals surface area (Å²) in [5, 5.41) is 13.8. The Morgan fingerprint density at radius 3 is 3.15 bits per heavy atom. The van der Waals surface area contributed by atoms with E-state index in [0.717, 1.165) is 11.4 Å². The van der Waals surface area contributed by atoms with Gasteiger partial charge in [0.25, 0.3) is 5.88 Å². The van der Waals surface area contributed by atoms with Crippen molar-refractivity contribution in [2.45, 2.75) is 13.8 Å². The van der Waals surface area contributed by atoms with Crippen molar-refractivity contribution in [3.63, 3.8) is 0 Å². The van der Waals surface area contributed by atoms with Crippen molar-refractivity contribution < 1.29 is 4.74 Å². The van der Waals surface area contributed by atoms with Gasteiger partial charge in [-0.05, 0) is 6.92 Å². The first-order chi connectivity index (χ1) is 9.63. The third-order valence-corrected chi connectivity index (χ3v) is 3.29. The van der Waals surface area contributed by atoms with Crippen LogP contribution in [0.2, 0.25) is 5.02 Å². The van der Waals surface area contributed by atoms with E-state index in [2.05, 4.69) is 37.7 Å². The van der Waals surface area contributed by atoms with Crippen molar-refractivity contribution >= 4 is 29.1 Å². The van der Waals surface area contributed by atoms with Crippen molar-refractivity contribution in [3.8, 4) is 5.88 Å². The van der Waals surface area contributed by atoms with Crippen LogP contribution in [-0.4, -0.2) is 33.3 Å². The minimum absolute atomic E-state index is 0.285. The van der Waals surface area contributed by atoms with Crippen LogP contribution in [-0.2, 0) is 0 Å². The van der Waals surface area contributed by atoms with Crippen molar-refractivity contribution in [3.05, 3.63) is 16.9 Å². The number of aromatic amines is 1. The van der Waals surface area contributed by atoms with Crippen LogP contribution in [0.4, 0.5) is 17.5 Å². The van der Waals surface area contributed by atoms with Gasteiger partial charge in [-0.25, -0.2) is 4.98 Å². The highest BCUT2D eigenvalue weighted by atomic mass is 35.5. The summed E-state index contributed by atoms with van der Waals surface area (Å²) in [5.74, 6) is 1.87. The summed E-state index contributed by atoms with van der Waals surface area (Å²) in [5.41, 5.74) is 1.60. The number of aryl methyl sites for hydroxylation is 1. The van der Waals surface area contributed by atoms with Gasteiger partial charge in [0.15, 0.2) is 5.82 Å². The van der Waals surface area contributed by atoms with Crippen molar-refractivity contribution in [2.75, 3.05) is 23.8 Å². The second-order valence-electron chi connectivity index (χ2n) is 4.84. The molecule has 8 heteroatoms. The summed E-state index contributed by atoms with van der Waals surface area (Å²) in [4.78, 5) is 8.53. The third kappa shape index (κ3) is 2.49. The lowest BCUT2D eigenvalue weighted by atomic mass is 10.2. The molecule has 0 aliphatic carbocycles. The highest BCUT2D eigenvalue weighted by Crippen LogP contribution is 2.29. The fraction of sp³-hybridized carbons (Fsp3) is 0.417. The van der Waals surface area contributed by atoms with E-state index in [1.54, 1.807) is 6.20 Å². The van der Waals surface area contributed by atoms with Crippen molar-refractivity contribution in [2.24, 2.45) is 5.92 Å². The van der Waals surface area contributed by atoms with E-state index in [4.69, 9.17) is 16.3 Å². The molecule has 3 N–H and O–H groups in total. The Hall–Kier alpha value is -2.02. The van der Waals surface area contributed by atoms with Crippen LogP contribution >= 0.6 is 11.6 Å². The first-order valence-corrected chi connectivity index (χ1v) is 6.72. The fourth-order valence-electron chi connectivity index (χ4n) is 1.87. The van der Waals surface area contributed by atoms with E-state index in [0.29, 0.717) is 35.8 Å². The number of rotatable bonds is 0. The summed E-state index contributed by atoms with van der Waals surface area (Å²) in [6, 6.07) is 0. The van der Waals surface area contributed by atoms with Crippen LogP contribution in [0.1, 0.15) is 12.6 Å².